The van der Waals surface area contributed by atoms with Crippen LogP contribution in [-0.4, -0.2) is 26.2 Å². The van der Waals surface area contributed by atoms with E-state index in [1.807, 2.05) is 63.0 Å². The molecule has 0 radical (unpaired) electrons. The first-order valence-corrected chi connectivity index (χ1v) is 8.44. The number of phenolic OH excluding ortho intramolecular Hbond substituents is 1. The Morgan fingerprint density at radius 2 is 2.05 bits per heavy atom. The number of hydrogen-bond donors (Lipinski definition) is 1. The second kappa shape index (κ2) is 6.44. The van der Waals surface area contributed by atoms with Gasteiger partial charge in [0.25, 0.3) is 0 Å². The number of carbonyl (C=O) groups excluding carboxylic acids is 1. The van der Waals surface area contributed by atoms with Crippen molar-refractivity contribution in [3.05, 3.63) is 37.2 Å². The molecule has 2 aromatic rings. The van der Waals surface area contributed by atoms with E-state index in [1.165, 1.54) is 11.8 Å². The van der Waals surface area contributed by atoms with Crippen LogP contribution in [0.5, 0.6) is 5.75 Å². The Morgan fingerprint density at radius 3 is 2.58 bits per heavy atom. The Bertz CT molecular complexity index is 605. The molecular weight excluding hydrogens is 490 g/mol. The van der Waals surface area contributed by atoms with E-state index in [0.29, 0.717) is 18.5 Å². The molecule has 0 atom stereocenters. The number of carbonyl (C=O) groups is 1. The standard InChI is InChI=1S/C12H10I2N2O2S/c1-16-3-2-15-12(16)19-6-10(17)7-4-8(13)11(18)9(14)5-7/h2-5,18H,6H2,1H3. The smallest absolute Gasteiger partial charge is 0.173 e. The number of aromatic hydroxyl groups is 1. The molecule has 0 aliphatic rings. The van der Waals surface area contributed by atoms with Crippen molar-refractivity contribution in [3.63, 3.8) is 0 Å². The first-order valence-electron chi connectivity index (χ1n) is 5.30. The van der Waals surface area contributed by atoms with Crippen LogP contribution in [-0.2, 0) is 7.05 Å². The van der Waals surface area contributed by atoms with Gasteiger partial charge in [0.05, 0.1) is 12.9 Å². The van der Waals surface area contributed by atoms with Gasteiger partial charge in [-0.15, -0.1) is 0 Å². The number of aryl methyl sites for hydroxylation is 1. The lowest BCUT2D eigenvalue weighted by Crippen LogP contribution is -2.04. The summed E-state index contributed by atoms with van der Waals surface area (Å²) in [6.45, 7) is 0. The van der Waals surface area contributed by atoms with Crippen LogP contribution in [0, 0.1) is 7.14 Å². The Kier molecular flexibility index (Phi) is 5.12. The number of benzene rings is 1. The molecule has 0 spiro atoms. The van der Waals surface area contributed by atoms with Crippen molar-refractivity contribution in [1.29, 1.82) is 0 Å². The van der Waals surface area contributed by atoms with Gasteiger partial charge in [0.1, 0.15) is 5.75 Å². The second-order valence-electron chi connectivity index (χ2n) is 3.82. The normalized spacial score (nSPS) is 10.7. The molecule has 1 heterocycles. The van der Waals surface area contributed by atoms with Gasteiger partial charge in [0, 0.05) is 25.0 Å². The number of phenols is 1. The van der Waals surface area contributed by atoms with E-state index in [4.69, 9.17) is 0 Å². The lowest BCUT2D eigenvalue weighted by Gasteiger charge is -2.05. The molecule has 0 aliphatic heterocycles. The summed E-state index contributed by atoms with van der Waals surface area (Å²) in [6.07, 6.45) is 3.55. The summed E-state index contributed by atoms with van der Waals surface area (Å²) in [7, 11) is 1.90. The highest BCUT2D eigenvalue weighted by Crippen LogP contribution is 2.28. The molecule has 2 rings (SSSR count). The maximum absolute atomic E-state index is 12.1. The largest absolute Gasteiger partial charge is 0.506 e. The Balaban J connectivity index is 2.10. The number of Topliss-reactive ketones (excluding diaryl/α,β-unsaturated/α-hetero) is 1. The van der Waals surface area contributed by atoms with Crippen LogP contribution in [0.4, 0.5) is 0 Å². The van der Waals surface area contributed by atoms with Crippen molar-refractivity contribution < 1.29 is 9.90 Å². The van der Waals surface area contributed by atoms with Gasteiger partial charge in [-0.3, -0.25) is 4.79 Å². The summed E-state index contributed by atoms with van der Waals surface area (Å²) in [5, 5.41) is 10.5. The van der Waals surface area contributed by atoms with Gasteiger partial charge in [0.2, 0.25) is 0 Å². The zero-order chi connectivity index (χ0) is 14.0. The number of aromatic nitrogens is 2. The number of hydrogen-bond acceptors (Lipinski definition) is 4. The fourth-order valence-electron chi connectivity index (χ4n) is 1.43. The van der Waals surface area contributed by atoms with Crippen LogP contribution in [0.1, 0.15) is 10.4 Å². The highest BCUT2D eigenvalue weighted by Gasteiger charge is 2.13. The average Bonchev–Trinajstić information content (AvgIpc) is 2.78. The first-order chi connectivity index (χ1) is 8.99. The van der Waals surface area contributed by atoms with E-state index in [2.05, 4.69) is 4.98 Å². The fraction of sp³-hybridized carbons (Fsp3) is 0.167. The summed E-state index contributed by atoms with van der Waals surface area (Å²) in [5.74, 6) is 0.597. The maximum atomic E-state index is 12.1. The minimum Gasteiger partial charge on any atom is -0.506 e. The van der Waals surface area contributed by atoms with Crippen molar-refractivity contribution in [2.45, 2.75) is 5.16 Å². The highest BCUT2D eigenvalue weighted by atomic mass is 127. The van der Waals surface area contributed by atoms with Gasteiger partial charge in [-0.25, -0.2) is 4.98 Å². The Labute approximate surface area is 142 Å². The van der Waals surface area contributed by atoms with E-state index in [-0.39, 0.29) is 11.5 Å². The molecule has 0 saturated carbocycles. The van der Waals surface area contributed by atoms with Gasteiger partial charge in [-0.2, -0.15) is 0 Å². The van der Waals surface area contributed by atoms with Crippen molar-refractivity contribution in [2.24, 2.45) is 7.05 Å². The van der Waals surface area contributed by atoms with Gasteiger partial charge >= 0.3 is 0 Å². The van der Waals surface area contributed by atoms with Gasteiger partial charge in [-0.1, -0.05) is 11.8 Å². The van der Waals surface area contributed by atoms with E-state index in [0.717, 1.165) is 5.16 Å². The minimum absolute atomic E-state index is 0.0313. The maximum Gasteiger partial charge on any atom is 0.173 e. The van der Waals surface area contributed by atoms with Crippen molar-refractivity contribution in [1.82, 2.24) is 9.55 Å². The van der Waals surface area contributed by atoms with Crippen LogP contribution in [0.3, 0.4) is 0 Å². The van der Waals surface area contributed by atoms with Crippen molar-refractivity contribution in [3.8, 4) is 5.75 Å². The van der Waals surface area contributed by atoms with E-state index < -0.39 is 0 Å². The number of imidazole rings is 1. The third-order valence-corrected chi connectivity index (χ3v) is 5.15. The summed E-state index contributed by atoms with van der Waals surface area (Å²) in [6, 6.07) is 3.42. The van der Waals surface area contributed by atoms with Crippen molar-refractivity contribution in [2.75, 3.05) is 5.75 Å². The predicted molar refractivity (Wildman–Crippen MR) is 91.8 cm³/mol. The molecule has 7 heteroatoms. The minimum atomic E-state index is 0.0313. The zero-order valence-electron chi connectivity index (χ0n) is 9.93. The highest BCUT2D eigenvalue weighted by molar-refractivity contribution is 14.1. The lowest BCUT2D eigenvalue weighted by atomic mass is 10.1. The lowest BCUT2D eigenvalue weighted by molar-refractivity contribution is 0.102. The van der Waals surface area contributed by atoms with E-state index >= 15 is 0 Å². The zero-order valence-corrected chi connectivity index (χ0v) is 15.1. The van der Waals surface area contributed by atoms with Crippen LogP contribution in [0.15, 0.2) is 29.7 Å². The number of rotatable bonds is 4. The molecule has 1 aromatic carbocycles. The fourth-order valence-corrected chi connectivity index (χ4v) is 4.03. The van der Waals surface area contributed by atoms with Crippen molar-refractivity contribution >= 4 is 62.7 Å². The quantitative estimate of drug-likeness (QED) is 0.398. The molecular formula is C12H10I2N2O2S. The number of halogens is 2. The number of nitrogens with zero attached hydrogens (tertiary/aromatic N) is 2. The molecule has 0 bridgehead atoms. The molecule has 0 saturated heterocycles. The third kappa shape index (κ3) is 3.63. The molecule has 0 fully saturated rings. The van der Waals surface area contributed by atoms with Gasteiger partial charge in [0.15, 0.2) is 10.9 Å². The first kappa shape index (κ1) is 15.1. The van der Waals surface area contributed by atoms with Crippen LogP contribution < -0.4 is 0 Å². The van der Waals surface area contributed by atoms with Gasteiger partial charge in [-0.05, 0) is 57.3 Å². The summed E-state index contributed by atoms with van der Waals surface area (Å²) in [5.41, 5.74) is 0.619. The Morgan fingerprint density at radius 1 is 1.42 bits per heavy atom. The number of thioether (sulfide) groups is 1. The molecule has 19 heavy (non-hydrogen) atoms. The molecule has 1 N–H and O–H groups in total. The topological polar surface area (TPSA) is 55.1 Å². The van der Waals surface area contributed by atoms with Crippen LogP contribution >= 0.6 is 56.9 Å². The molecule has 0 amide bonds. The molecule has 100 valence electrons. The SMILES string of the molecule is Cn1ccnc1SCC(=O)c1cc(I)c(O)c(I)c1. The van der Waals surface area contributed by atoms with Crippen LogP contribution in [0.25, 0.3) is 0 Å². The molecule has 1 aromatic heterocycles. The number of ketones is 1. The summed E-state index contributed by atoms with van der Waals surface area (Å²) >= 11 is 5.45. The molecule has 0 aliphatic carbocycles. The molecule has 0 unspecified atom stereocenters. The second-order valence-corrected chi connectivity index (χ2v) is 7.09. The average molecular weight is 500 g/mol. The van der Waals surface area contributed by atoms with Gasteiger partial charge < -0.3 is 9.67 Å². The van der Waals surface area contributed by atoms with Crippen LogP contribution in [0.2, 0.25) is 0 Å². The third-order valence-electron chi connectivity index (χ3n) is 2.45. The predicted octanol–water partition coefficient (Wildman–Crippen LogP) is 3.31. The molecule has 4 nitrogen and oxygen atoms in total. The Hall–Kier alpha value is -0.290. The summed E-state index contributed by atoms with van der Waals surface area (Å²) in [4.78, 5) is 16.3. The summed E-state index contributed by atoms with van der Waals surface area (Å²) < 4.78 is 3.26. The monoisotopic (exact) mass is 500 g/mol. The van der Waals surface area contributed by atoms with E-state index in [1.54, 1.807) is 18.3 Å². The van der Waals surface area contributed by atoms with E-state index in [9.17, 15) is 9.90 Å².